The van der Waals surface area contributed by atoms with Crippen molar-refractivity contribution in [1.82, 2.24) is 25.4 Å². The van der Waals surface area contributed by atoms with E-state index in [9.17, 15) is 4.79 Å². The number of carbonyl (C=O) groups excluding carboxylic acids is 1. The molecule has 1 saturated heterocycles. The normalized spacial score (nSPS) is 16.5. The van der Waals surface area contributed by atoms with Gasteiger partial charge in [0, 0.05) is 19.0 Å². The van der Waals surface area contributed by atoms with Crippen molar-refractivity contribution in [3.05, 3.63) is 82.9 Å². The highest BCUT2D eigenvalue weighted by Gasteiger charge is 2.31. The minimum Gasteiger partial charge on any atom is -0.327 e. The number of likely N-dealkylation sites (tertiary alicyclic amines) is 1. The Balaban J connectivity index is 1.57. The predicted molar refractivity (Wildman–Crippen MR) is 108 cm³/mol. The first-order valence-electron chi connectivity index (χ1n) is 9.65. The van der Waals surface area contributed by atoms with E-state index in [1.165, 1.54) is 6.33 Å². The number of carbonyl (C=O) groups is 1. The van der Waals surface area contributed by atoms with Crippen molar-refractivity contribution in [2.75, 3.05) is 13.1 Å². The lowest BCUT2D eigenvalue weighted by Crippen LogP contribution is -2.41. The summed E-state index contributed by atoms with van der Waals surface area (Å²) >= 11 is 0. The lowest BCUT2D eigenvalue weighted by Gasteiger charge is -2.26. The van der Waals surface area contributed by atoms with Crippen molar-refractivity contribution in [1.29, 1.82) is 0 Å². The zero-order chi connectivity index (χ0) is 19.5. The van der Waals surface area contributed by atoms with Gasteiger partial charge in [-0.15, -0.1) is 0 Å². The van der Waals surface area contributed by atoms with Crippen molar-refractivity contribution in [3.8, 4) is 0 Å². The van der Waals surface area contributed by atoms with E-state index in [0.29, 0.717) is 13.1 Å². The summed E-state index contributed by atoms with van der Waals surface area (Å²) in [6.45, 7) is 5.53. The highest BCUT2D eigenvalue weighted by molar-refractivity contribution is 5.76. The molecule has 1 unspecified atom stereocenters. The molecular formula is C22H25N5O. The Kier molecular flexibility index (Phi) is 5.10. The van der Waals surface area contributed by atoms with Gasteiger partial charge < -0.3 is 10.2 Å². The molecule has 0 saturated carbocycles. The zero-order valence-corrected chi connectivity index (χ0v) is 16.2. The number of urea groups is 1. The Bertz CT molecular complexity index is 908. The van der Waals surface area contributed by atoms with Gasteiger partial charge in [0.15, 0.2) is 0 Å². The molecule has 1 aromatic heterocycles. The minimum atomic E-state index is -0.181. The van der Waals surface area contributed by atoms with Crippen molar-refractivity contribution in [3.63, 3.8) is 0 Å². The summed E-state index contributed by atoms with van der Waals surface area (Å²) in [5, 5.41) is 10.1. The van der Waals surface area contributed by atoms with Gasteiger partial charge in [0.05, 0.1) is 6.04 Å². The molecule has 2 aromatic carbocycles. The molecule has 6 nitrogen and oxygen atoms in total. The van der Waals surface area contributed by atoms with Gasteiger partial charge >= 0.3 is 6.03 Å². The Morgan fingerprint density at radius 3 is 2.32 bits per heavy atom. The highest BCUT2D eigenvalue weighted by Crippen LogP contribution is 2.29. The molecule has 2 N–H and O–H groups in total. The summed E-state index contributed by atoms with van der Waals surface area (Å²) in [4.78, 5) is 19.2. The number of hydrogen-bond donors (Lipinski definition) is 2. The van der Waals surface area contributed by atoms with E-state index in [0.717, 1.165) is 34.5 Å². The second kappa shape index (κ2) is 7.84. The Labute approximate surface area is 165 Å². The van der Waals surface area contributed by atoms with Crippen LogP contribution < -0.4 is 5.32 Å². The van der Waals surface area contributed by atoms with Crippen LogP contribution in [0.4, 0.5) is 4.79 Å². The number of aromatic nitrogens is 3. The number of benzene rings is 2. The summed E-state index contributed by atoms with van der Waals surface area (Å²) < 4.78 is 0. The van der Waals surface area contributed by atoms with E-state index < -0.39 is 0 Å². The fourth-order valence-electron chi connectivity index (χ4n) is 3.94. The fraction of sp³-hybridized carbons (Fsp3) is 0.318. The molecule has 0 aliphatic carbocycles. The van der Waals surface area contributed by atoms with Gasteiger partial charge in [-0.1, -0.05) is 48.5 Å². The number of nitrogens with zero attached hydrogens (tertiary/aromatic N) is 3. The van der Waals surface area contributed by atoms with E-state index in [1.54, 1.807) is 0 Å². The Morgan fingerprint density at radius 2 is 1.75 bits per heavy atom. The van der Waals surface area contributed by atoms with E-state index in [-0.39, 0.29) is 18.0 Å². The minimum absolute atomic E-state index is 0.0430. The molecular weight excluding hydrogens is 350 g/mol. The second-order valence-corrected chi connectivity index (χ2v) is 7.40. The fourth-order valence-corrected chi connectivity index (χ4v) is 3.94. The first kappa shape index (κ1) is 18.2. The maximum Gasteiger partial charge on any atom is 0.318 e. The number of amides is 2. The largest absolute Gasteiger partial charge is 0.327 e. The van der Waals surface area contributed by atoms with Crippen LogP contribution in [0.15, 0.2) is 54.9 Å². The standard InChI is InChI=1S/C22H25N5O/c1-15-7-3-5-9-18(15)20(19-10-6-4-8-16(19)2)25-22(28)27-12-11-17(13-27)21-23-14-24-26-21/h3-10,14,17,20H,11-13H2,1-2H3,(H,25,28)(H,23,24,26). The van der Waals surface area contributed by atoms with Crippen LogP contribution in [0, 0.1) is 13.8 Å². The SMILES string of the molecule is Cc1ccccc1C(NC(=O)N1CCC(c2ncn[nH]2)C1)c1ccccc1C. The molecule has 1 atom stereocenters. The molecule has 0 radical (unpaired) electrons. The maximum atomic E-state index is 13.1. The number of aromatic amines is 1. The lowest BCUT2D eigenvalue weighted by atomic mass is 9.92. The third-order valence-corrected chi connectivity index (χ3v) is 5.56. The summed E-state index contributed by atoms with van der Waals surface area (Å²) in [6, 6.07) is 16.2. The molecule has 3 aromatic rings. The van der Waals surface area contributed by atoms with Gasteiger partial charge in [0.1, 0.15) is 12.2 Å². The number of H-pyrrole nitrogens is 1. The smallest absolute Gasteiger partial charge is 0.318 e. The number of rotatable bonds is 4. The van der Waals surface area contributed by atoms with Crippen molar-refractivity contribution in [2.45, 2.75) is 32.2 Å². The summed E-state index contributed by atoms with van der Waals surface area (Å²) in [5.74, 6) is 1.06. The summed E-state index contributed by atoms with van der Waals surface area (Å²) in [6.07, 6.45) is 2.41. The molecule has 4 rings (SSSR count). The molecule has 2 heterocycles. The van der Waals surface area contributed by atoms with Gasteiger partial charge in [-0.05, 0) is 42.5 Å². The van der Waals surface area contributed by atoms with Gasteiger partial charge in [-0.3, -0.25) is 5.10 Å². The molecule has 6 heteroatoms. The van der Waals surface area contributed by atoms with Crippen molar-refractivity contribution >= 4 is 6.03 Å². The lowest BCUT2D eigenvalue weighted by molar-refractivity contribution is 0.205. The van der Waals surface area contributed by atoms with Gasteiger partial charge in [-0.2, -0.15) is 5.10 Å². The van der Waals surface area contributed by atoms with E-state index >= 15 is 0 Å². The van der Waals surface area contributed by atoms with E-state index in [2.05, 4.69) is 58.6 Å². The Morgan fingerprint density at radius 1 is 1.11 bits per heavy atom. The van der Waals surface area contributed by atoms with Crippen molar-refractivity contribution in [2.24, 2.45) is 0 Å². The van der Waals surface area contributed by atoms with Crippen LogP contribution in [0.2, 0.25) is 0 Å². The molecule has 0 bridgehead atoms. The van der Waals surface area contributed by atoms with Crippen LogP contribution >= 0.6 is 0 Å². The van der Waals surface area contributed by atoms with Crippen LogP contribution in [-0.2, 0) is 0 Å². The third kappa shape index (κ3) is 3.63. The topological polar surface area (TPSA) is 73.9 Å². The van der Waals surface area contributed by atoms with Crippen LogP contribution in [0.25, 0.3) is 0 Å². The average Bonchev–Trinajstić information content (AvgIpc) is 3.39. The molecule has 0 spiro atoms. The first-order valence-corrected chi connectivity index (χ1v) is 9.65. The maximum absolute atomic E-state index is 13.1. The van der Waals surface area contributed by atoms with E-state index in [1.807, 2.05) is 29.2 Å². The molecule has 1 aliphatic rings. The van der Waals surface area contributed by atoms with Crippen LogP contribution in [0.5, 0.6) is 0 Å². The zero-order valence-electron chi connectivity index (χ0n) is 16.2. The molecule has 28 heavy (non-hydrogen) atoms. The third-order valence-electron chi connectivity index (χ3n) is 5.56. The highest BCUT2D eigenvalue weighted by atomic mass is 16.2. The number of hydrogen-bond acceptors (Lipinski definition) is 3. The number of aryl methyl sites for hydroxylation is 2. The second-order valence-electron chi connectivity index (χ2n) is 7.40. The van der Waals surface area contributed by atoms with Gasteiger partial charge in [-0.25, -0.2) is 9.78 Å². The van der Waals surface area contributed by atoms with Crippen LogP contribution in [0.3, 0.4) is 0 Å². The van der Waals surface area contributed by atoms with E-state index in [4.69, 9.17) is 0 Å². The summed E-state index contributed by atoms with van der Waals surface area (Å²) in [7, 11) is 0. The molecule has 2 amide bonds. The summed E-state index contributed by atoms with van der Waals surface area (Å²) in [5.41, 5.74) is 4.57. The Hall–Kier alpha value is -3.15. The quantitative estimate of drug-likeness (QED) is 0.730. The van der Waals surface area contributed by atoms with Gasteiger partial charge in [0.2, 0.25) is 0 Å². The molecule has 144 valence electrons. The first-order chi connectivity index (χ1) is 13.6. The average molecular weight is 375 g/mol. The number of nitrogens with one attached hydrogen (secondary N) is 2. The van der Waals surface area contributed by atoms with Gasteiger partial charge in [0.25, 0.3) is 0 Å². The molecule has 1 fully saturated rings. The van der Waals surface area contributed by atoms with Crippen LogP contribution in [-0.4, -0.2) is 39.2 Å². The monoisotopic (exact) mass is 375 g/mol. The van der Waals surface area contributed by atoms with Crippen LogP contribution in [0.1, 0.15) is 46.5 Å². The van der Waals surface area contributed by atoms with Crippen molar-refractivity contribution < 1.29 is 4.79 Å². The molecule has 1 aliphatic heterocycles. The predicted octanol–water partition coefficient (Wildman–Crippen LogP) is 3.71.